The predicted octanol–water partition coefficient (Wildman–Crippen LogP) is 3.37. The third kappa shape index (κ3) is 3.03. The fourth-order valence-corrected chi connectivity index (χ4v) is 2.28. The lowest BCUT2D eigenvalue weighted by Crippen LogP contribution is -2.30. The van der Waals surface area contributed by atoms with E-state index in [9.17, 15) is 4.39 Å². The largest absolute Gasteiger partial charge is 0.493 e. The van der Waals surface area contributed by atoms with Gasteiger partial charge >= 0.3 is 0 Å². The van der Waals surface area contributed by atoms with Crippen LogP contribution in [0.5, 0.6) is 17.2 Å². The molecule has 0 fully saturated rings. The summed E-state index contributed by atoms with van der Waals surface area (Å²) in [5, 5.41) is 3.17. The maximum atomic E-state index is 14.3. The Bertz CT molecular complexity index is 701. The Labute approximate surface area is 128 Å². The van der Waals surface area contributed by atoms with Crippen molar-refractivity contribution in [1.82, 2.24) is 5.32 Å². The van der Waals surface area contributed by atoms with E-state index in [0.29, 0.717) is 11.5 Å². The van der Waals surface area contributed by atoms with Crippen LogP contribution in [-0.4, -0.2) is 26.0 Å². The van der Waals surface area contributed by atoms with Gasteiger partial charge in [-0.05, 0) is 36.8 Å². The molecule has 1 aliphatic heterocycles. The summed E-state index contributed by atoms with van der Waals surface area (Å²) < 4.78 is 25.1. The Hall–Kier alpha value is -2.56. The molecule has 4 nitrogen and oxygen atoms in total. The van der Waals surface area contributed by atoms with Gasteiger partial charge in [0.25, 0.3) is 0 Å². The van der Waals surface area contributed by atoms with E-state index < -0.39 is 5.82 Å². The lowest BCUT2D eigenvalue weighted by atomic mass is 10.1. The van der Waals surface area contributed by atoms with Crippen molar-refractivity contribution >= 4 is 5.84 Å². The Morgan fingerprint density at radius 1 is 1.09 bits per heavy atom. The molecule has 1 heterocycles. The topological polar surface area (TPSA) is 42.9 Å². The molecule has 0 saturated heterocycles. The molecule has 0 saturated carbocycles. The number of nitrogens with zero attached hydrogens (tertiary/aromatic N) is 1. The molecule has 0 spiro atoms. The summed E-state index contributed by atoms with van der Waals surface area (Å²) in [4.78, 5) is 4.36. The smallest absolute Gasteiger partial charge is 0.169 e. The SMILES string of the molecule is COc1ccccc1Oc1ccc(C2=NCCCN2)cc1F. The van der Waals surface area contributed by atoms with Crippen LogP contribution in [0.1, 0.15) is 12.0 Å². The van der Waals surface area contributed by atoms with Crippen molar-refractivity contribution in [3.05, 3.63) is 53.8 Å². The molecule has 3 rings (SSSR count). The number of nitrogens with one attached hydrogen (secondary N) is 1. The van der Waals surface area contributed by atoms with Gasteiger partial charge in [0.05, 0.1) is 7.11 Å². The molecule has 22 heavy (non-hydrogen) atoms. The second kappa shape index (κ2) is 6.47. The zero-order valence-electron chi connectivity index (χ0n) is 12.3. The number of ether oxygens (including phenoxy) is 2. The Morgan fingerprint density at radius 3 is 2.59 bits per heavy atom. The summed E-state index contributed by atoms with van der Waals surface area (Å²) in [5.74, 6) is 1.49. The summed E-state index contributed by atoms with van der Waals surface area (Å²) in [6.45, 7) is 1.63. The lowest BCUT2D eigenvalue weighted by molar-refractivity contribution is 0.371. The molecule has 0 aromatic heterocycles. The van der Waals surface area contributed by atoms with E-state index in [1.165, 1.54) is 6.07 Å². The number of rotatable bonds is 4. The summed E-state index contributed by atoms with van der Waals surface area (Å²) in [6, 6.07) is 12.0. The number of para-hydroxylation sites is 2. The minimum absolute atomic E-state index is 0.157. The van der Waals surface area contributed by atoms with E-state index in [1.54, 1.807) is 31.4 Å². The van der Waals surface area contributed by atoms with Gasteiger partial charge in [-0.15, -0.1) is 0 Å². The van der Waals surface area contributed by atoms with Crippen LogP contribution in [0.25, 0.3) is 0 Å². The molecule has 5 heteroatoms. The fourth-order valence-electron chi connectivity index (χ4n) is 2.28. The van der Waals surface area contributed by atoms with E-state index in [-0.39, 0.29) is 5.75 Å². The summed E-state index contributed by atoms with van der Waals surface area (Å²) in [6.07, 6.45) is 1.00. The third-order valence-corrected chi connectivity index (χ3v) is 3.39. The first kappa shape index (κ1) is 14.4. The molecule has 2 aromatic rings. The highest BCUT2D eigenvalue weighted by Gasteiger charge is 2.13. The average Bonchev–Trinajstić information content (AvgIpc) is 2.58. The highest BCUT2D eigenvalue weighted by atomic mass is 19.1. The van der Waals surface area contributed by atoms with Crippen molar-refractivity contribution in [2.75, 3.05) is 20.2 Å². The number of benzene rings is 2. The van der Waals surface area contributed by atoms with Crippen molar-refractivity contribution < 1.29 is 13.9 Å². The fraction of sp³-hybridized carbons (Fsp3) is 0.235. The van der Waals surface area contributed by atoms with Gasteiger partial charge in [0.2, 0.25) is 0 Å². The van der Waals surface area contributed by atoms with E-state index in [4.69, 9.17) is 9.47 Å². The van der Waals surface area contributed by atoms with E-state index in [1.807, 2.05) is 12.1 Å². The Morgan fingerprint density at radius 2 is 1.91 bits per heavy atom. The van der Waals surface area contributed by atoms with Crippen LogP contribution >= 0.6 is 0 Å². The van der Waals surface area contributed by atoms with Crippen molar-refractivity contribution in [3.63, 3.8) is 0 Å². The highest BCUT2D eigenvalue weighted by Crippen LogP contribution is 2.32. The van der Waals surface area contributed by atoms with Crippen LogP contribution < -0.4 is 14.8 Å². The second-order valence-electron chi connectivity index (χ2n) is 4.91. The number of halogens is 1. The minimum Gasteiger partial charge on any atom is -0.493 e. The zero-order chi connectivity index (χ0) is 15.4. The molecule has 2 aromatic carbocycles. The van der Waals surface area contributed by atoms with Gasteiger partial charge in [0.15, 0.2) is 23.1 Å². The molecule has 1 aliphatic rings. The number of methoxy groups -OCH3 is 1. The maximum Gasteiger partial charge on any atom is 0.169 e. The van der Waals surface area contributed by atoms with Gasteiger partial charge in [-0.3, -0.25) is 4.99 Å². The molecule has 0 amide bonds. The monoisotopic (exact) mass is 300 g/mol. The maximum absolute atomic E-state index is 14.3. The van der Waals surface area contributed by atoms with Crippen LogP contribution in [0.15, 0.2) is 47.5 Å². The number of amidine groups is 1. The van der Waals surface area contributed by atoms with Crippen LogP contribution in [0.2, 0.25) is 0 Å². The van der Waals surface area contributed by atoms with Crippen LogP contribution in [0, 0.1) is 5.82 Å². The third-order valence-electron chi connectivity index (χ3n) is 3.39. The molecule has 114 valence electrons. The summed E-state index contributed by atoms with van der Waals surface area (Å²) >= 11 is 0. The zero-order valence-corrected chi connectivity index (χ0v) is 12.3. The first-order valence-corrected chi connectivity index (χ1v) is 7.17. The van der Waals surface area contributed by atoms with Crippen molar-refractivity contribution in [1.29, 1.82) is 0 Å². The van der Waals surface area contributed by atoms with E-state index >= 15 is 0 Å². The van der Waals surface area contributed by atoms with Crippen LogP contribution in [0.4, 0.5) is 4.39 Å². The van der Waals surface area contributed by atoms with E-state index in [2.05, 4.69) is 10.3 Å². The lowest BCUT2D eigenvalue weighted by Gasteiger charge is -2.15. The molecule has 0 aliphatic carbocycles. The second-order valence-corrected chi connectivity index (χ2v) is 4.91. The standard InChI is InChI=1S/C17H17FN2O2/c1-21-15-5-2-3-6-16(15)22-14-8-7-12(11-13(14)18)17-19-9-4-10-20-17/h2-3,5-8,11H,4,9-10H2,1H3,(H,19,20). The first-order chi connectivity index (χ1) is 10.8. The van der Waals surface area contributed by atoms with Crippen LogP contribution in [-0.2, 0) is 0 Å². The predicted molar refractivity (Wildman–Crippen MR) is 83.5 cm³/mol. The highest BCUT2D eigenvalue weighted by molar-refractivity contribution is 5.99. The quantitative estimate of drug-likeness (QED) is 0.941. The number of hydrogen-bond acceptors (Lipinski definition) is 4. The molecule has 0 radical (unpaired) electrons. The van der Waals surface area contributed by atoms with Gasteiger partial charge in [-0.2, -0.15) is 0 Å². The molecule has 0 unspecified atom stereocenters. The molecular formula is C17H17FN2O2. The minimum atomic E-state index is -0.432. The van der Waals surface area contributed by atoms with Gasteiger partial charge in [0.1, 0.15) is 5.84 Å². The van der Waals surface area contributed by atoms with Crippen molar-refractivity contribution in [3.8, 4) is 17.2 Å². The average molecular weight is 300 g/mol. The normalized spacial score (nSPS) is 14.0. The Kier molecular flexibility index (Phi) is 4.23. The number of hydrogen-bond donors (Lipinski definition) is 1. The van der Waals surface area contributed by atoms with Crippen LogP contribution in [0.3, 0.4) is 0 Å². The van der Waals surface area contributed by atoms with Crippen molar-refractivity contribution in [2.24, 2.45) is 4.99 Å². The van der Waals surface area contributed by atoms with Gasteiger partial charge in [0, 0.05) is 18.7 Å². The van der Waals surface area contributed by atoms with Crippen molar-refractivity contribution in [2.45, 2.75) is 6.42 Å². The van der Waals surface area contributed by atoms with E-state index in [0.717, 1.165) is 30.9 Å². The first-order valence-electron chi connectivity index (χ1n) is 7.17. The molecule has 0 bridgehead atoms. The number of aliphatic imine (C=N–C) groups is 1. The Balaban J connectivity index is 1.85. The molecule has 0 atom stereocenters. The molecular weight excluding hydrogens is 283 g/mol. The van der Waals surface area contributed by atoms with Gasteiger partial charge in [-0.1, -0.05) is 12.1 Å². The summed E-state index contributed by atoms with van der Waals surface area (Å²) in [5.41, 5.74) is 0.726. The van der Waals surface area contributed by atoms with Gasteiger partial charge < -0.3 is 14.8 Å². The van der Waals surface area contributed by atoms with Gasteiger partial charge in [-0.25, -0.2) is 4.39 Å². The summed E-state index contributed by atoms with van der Waals surface area (Å²) in [7, 11) is 1.55. The molecule has 1 N–H and O–H groups in total.